The van der Waals surface area contributed by atoms with Crippen molar-refractivity contribution in [2.75, 3.05) is 13.2 Å². The molecule has 3 heteroatoms. The molecule has 142 valence electrons. The number of ether oxygens (including phenoxy) is 1. The Kier molecular flexibility index (Phi) is 3.99. The SMILES string of the molecule is CC[C@]12CC[C@H]3[C@@H](C[C@@H](CO)C4=CC(=O)CC[C@@H]43)[C@@H]1CC[C@@]21C=CCO1. The highest BCUT2D eigenvalue weighted by Crippen LogP contribution is 2.68. The van der Waals surface area contributed by atoms with E-state index in [-0.39, 0.29) is 29.3 Å². The van der Waals surface area contributed by atoms with Gasteiger partial charge >= 0.3 is 0 Å². The molecule has 0 aromatic heterocycles. The molecule has 5 aliphatic rings. The third-order valence-electron chi connectivity index (χ3n) is 9.05. The zero-order valence-electron chi connectivity index (χ0n) is 16.0. The van der Waals surface area contributed by atoms with Crippen molar-refractivity contribution in [2.45, 2.75) is 63.9 Å². The van der Waals surface area contributed by atoms with Crippen LogP contribution in [0.1, 0.15) is 58.3 Å². The van der Waals surface area contributed by atoms with Gasteiger partial charge in [-0.25, -0.2) is 0 Å². The van der Waals surface area contributed by atoms with Gasteiger partial charge in [0.05, 0.1) is 12.2 Å². The molecule has 26 heavy (non-hydrogen) atoms. The number of fused-ring (bicyclic) bond motifs is 6. The molecule has 3 saturated carbocycles. The van der Waals surface area contributed by atoms with Crippen LogP contribution in [0.5, 0.6) is 0 Å². The minimum absolute atomic E-state index is 0.0231. The quantitative estimate of drug-likeness (QED) is 0.759. The summed E-state index contributed by atoms with van der Waals surface area (Å²) < 4.78 is 6.40. The number of rotatable bonds is 2. The van der Waals surface area contributed by atoms with Crippen LogP contribution >= 0.6 is 0 Å². The molecule has 3 fully saturated rings. The van der Waals surface area contributed by atoms with Gasteiger partial charge in [-0.2, -0.15) is 0 Å². The maximum atomic E-state index is 12.0. The fourth-order valence-electron chi connectivity index (χ4n) is 8.05. The summed E-state index contributed by atoms with van der Waals surface area (Å²) in [6.07, 6.45) is 15.5. The second-order valence-corrected chi connectivity index (χ2v) is 9.50. The second-order valence-electron chi connectivity index (χ2n) is 9.50. The van der Waals surface area contributed by atoms with Crippen LogP contribution < -0.4 is 0 Å². The zero-order valence-corrected chi connectivity index (χ0v) is 16.0. The molecule has 5 rings (SSSR count). The molecule has 0 saturated heterocycles. The molecule has 0 amide bonds. The molecule has 4 aliphatic carbocycles. The molecule has 1 aliphatic heterocycles. The second kappa shape index (κ2) is 6.04. The Morgan fingerprint density at radius 1 is 1.23 bits per heavy atom. The van der Waals surface area contributed by atoms with Crippen molar-refractivity contribution in [1.29, 1.82) is 0 Å². The van der Waals surface area contributed by atoms with Crippen LogP contribution in [-0.2, 0) is 9.53 Å². The highest BCUT2D eigenvalue weighted by atomic mass is 16.5. The lowest BCUT2D eigenvalue weighted by atomic mass is 9.48. The summed E-state index contributed by atoms with van der Waals surface area (Å²) in [5, 5.41) is 10.1. The van der Waals surface area contributed by atoms with Gasteiger partial charge in [-0.3, -0.25) is 4.79 Å². The Bertz CT molecular complexity index is 664. The summed E-state index contributed by atoms with van der Waals surface area (Å²) in [6.45, 7) is 3.35. The highest BCUT2D eigenvalue weighted by Gasteiger charge is 2.65. The molecule has 7 atom stereocenters. The summed E-state index contributed by atoms with van der Waals surface area (Å²) in [5.41, 5.74) is 1.55. The van der Waals surface area contributed by atoms with Crippen molar-refractivity contribution >= 4 is 5.78 Å². The lowest BCUT2D eigenvalue weighted by Crippen LogP contribution is -2.54. The molecule has 0 aromatic carbocycles. The van der Waals surface area contributed by atoms with Gasteiger partial charge < -0.3 is 9.84 Å². The van der Waals surface area contributed by atoms with E-state index in [2.05, 4.69) is 19.1 Å². The molecule has 1 heterocycles. The van der Waals surface area contributed by atoms with Crippen LogP contribution in [0.3, 0.4) is 0 Å². The van der Waals surface area contributed by atoms with Gasteiger partial charge in [-0.1, -0.05) is 24.6 Å². The number of ketones is 1. The fraction of sp³-hybridized carbons (Fsp3) is 0.783. The standard InChI is InChI=1S/C23H32O3/c1-2-22-9-6-18-17-5-4-16(25)13-19(17)15(14-24)12-20(18)21(22)7-10-23(22)8-3-11-26-23/h3,8,13,15,17-18,20-21,24H,2,4-7,9-12,14H2,1H3/t15-,17+,18+,20+,21-,22-,23-/m0/s1. The molecule has 0 radical (unpaired) electrons. The van der Waals surface area contributed by atoms with Crippen molar-refractivity contribution < 1.29 is 14.6 Å². The molecule has 1 N–H and O–H groups in total. The van der Waals surface area contributed by atoms with Gasteiger partial charge in [-0.05, 0) is 74.7 Å². The molecule has 0 unspecified atom stereocenters. The summed E-state index contributed by atoms with van der Waals surface area (Å²) in [6, 6.07) is 0. The normalized spacial score (nSPS) is 49.7. The predicted molar refractivity (Wildman–Crippen MR) is 100 cm³/mol. The first-order chi connectivity index (χ1) is 12.6. The third kappa shape index (κ3) is 2.10. The van der Waals surface area contributed by atoms with Crippen molar-refractivity contribution in [1.82, 2.24) is 0 Å². The minimum Gasteiger partial charge on any atom is -0.396 e. The monoisotopic (exact) mass is 356 g/mol. The average Bonchev–Trinajstić information content (AvgIpc) is 3.27. The van der Waals surface area contributed by atoms with E-state index in [9.17, 15) is 9.90 Å². The maximum Gasteiger partial charge on any atom is 0.155 e. The van der Waals surface area contributed by atoms with Crippen LogP contribution in [0, 0.1) is 35.0 Å². The lowest BCUT2D eigenvalue weighted by molar-refractivity contribution is -0.128. The van der Waals surface area contributed by atoms with Gasteiger partial charge in [0.15, 0.2) is 5.78 Å². The highest BCUT2D eigenvalue weighted by molar-refractivity contribution is 5.91. The number of carbonyl (C=O) groups is 1. The third-order valence-corrected chi connectivity index (χ3v) is 9.05. The molecule has 3 nitrogen and oxygen atoms in total. The zero-order chi connectivity index (χ0) is 17.9. The van der Waals surface area contributed by atoms with E-state index in [1.54, 1.807) is 0 Å². The summed E-state index contributed by atoms with van der Waals surface area (Å²) in [4.78, 5) is 12.0. The first-order valence-electron chi connectivity index (χ1n) is 10.8. The Labute approximate surface area is 156 Å². The first-order valence-corrected chi connectivity index (χ1v) is 10.8. The Morgan fingerprint density at radius 2 is 2.12 bits per heavy atom. The van der Waals surface area contributed by atoms with E-state index in [0.717, 1.165) is 19.4 Å². The molecule has 1 spiro atoms. The minimum atomic E-state index is -0.0231. The fourth-order valence-corrected chi connectivity index (χ4v) is 8.05. The van der Waals surface area contributed by atoms with Crippen molar-refractivity contribution in [3.05, 3.63) is 23.8 Å². The van der Waals surface area contributed by atoms with Crippen LogP contribution in [0.2, 0.25) is 0 Å². The molecule has 0 bridgehead atoms. The van der Waals surface area contributed by atoms with E-state index in [0.29, 0.717) is 30.1 Å². The van der Waals surface area contributed by atoms with Gasteiger partial charge in [0.25, 0.3) is 0 Å². The van der Waals surface area contributed by atoms with Crippen LogP contribution in [-0.4, -0.2) is 29.7 Å². The molecular weight excluding hydrogens is 324 g/mol. The Balaban J connectivity index is 1.52. The summed E-state index contributed by atoms with van der Waals surface area (Å²) in [5.74, 6) is 3.12. The summed E-state index contributed by atoms with van der Waals surface area (Å²) in [7, 11) is 0. The maximum absolute atomic E-state index is 12.0. The number of aliphatic hydroxyl groups is 1. The number of hydrogen-bond donors (Lipinski definition) is 1. The van der Waals surface area contributed by atoms with Crippen LogP contribution in [0.25, 0.3) is 0 Å². The lowest BCUT2D eigenvalue weighted by Gasteiger charge is -2.58. The average molecular weight is 357 g/mol. The van der Waals surface area contributed by atoms with E-state index < -0.39 is 0 Å². The van der Waals surface area contributed by atoms with E-state index in [1.807, 2.05) is 6.08 Å². The van der Waals surface area contributed by atoms with Gasteiger partial charge in [0.1, 0.15) is 0 Å². The van der Waals surface area contributed by atoms with Gasteiger partial charge in [-0.15, -0.1) is 0 Å². The van der Waals surface area contributed by atoms with E-state index >= 15 is 0 Å². The molecular formula is C23H32O3. The predicted octanol–water partition coefficient (Wildman–Crippen LogP) is 4.06. The molecule has 0 aromatic rings. The Morgan fingerprint density at radius 3 is 2.85 bits per heavy atom. The van der Waals surface area contributed by atoms with Crippen molar-refractivity contribution in [2.24, 2.45) is 35.0 Å². The van der Waals surface area contributed by atoms with E-state index in [1.165, 1.54) is 37.7 Å². The topological polar surface area (TPSA) is 46.5 Å². The van der Waals surface area contributed by atoms with E-state index in [4.69, 9.17) is 4.74 Å². The smallest absolute Gasteiger partial charge is 0.155 e. The van der Waals surface area contributed by atoms with Crippen LogP contribution in [0.4, 0.5) is 0 Å². The van der Waals surface area contributed by atoms with Gasteiger partial charge in [0.2, 0.25) is 0 Å². The number of carbonyl (C=O) groups excluding carboxylic acids is 1. The summed E-state index contributed by atoms with van der Waals surface area (Å²) >= 11 is 0. The van der Waals surface area contributed by atoms with Crippen LogP contribution in [0.15, 0.2) is 23.8 Å². The first kappa shape index (κ1) is 17.2. The van der Waals surface area contributed by atoms with Gasteiger partial charge in [0, 0.05) is 24.4 Å². The number of aliphatic hydroxyl groups excluding tert-OH is 1. The van der Waals surface area contributed by atoms with Crippen molar-refractivity contribution in [3.8, 4) is 0 Å². The van der Waals surface area contributed by atoms with Crippen molar-refractivity contribution in [3.63, 3.8) is 0 Å². The Hall–Kier alpha value is -0.930. The number of hydrogen-bond acceptors (Lipinski definition) is 3. The largest absolute Gasteiger partial charge is 0.396 e.